The highest BCUT2D eigenvalue weighted by Crippen LogP contribution is 2.00. The predicted octanol–water partition coefficient (Wildman–Crippen LogP) is 1.40. The van der Waals surface area contributed by atoms with Gasteiger partial charge in [0.1, 0.15) is 12.4 Å². The molecule has 0 saturated carbocycles. The number of hydrogen-bond acceptors (Lipinski definition) is 3. The molecule has 0 radical (unpaired) electrons. The smallest absolute Gasteiger partial charge is 0.326 e. The van der Waals surface area contributed by atoms with E-state index in [0.29, 0.717) is 0 Å². The predicted molar refractivity (Wildman–Crippen MR) is 52.8 cm³/mol. The van der Waals surface area contributed by atoms with Gasteiger partial charge in [0.15, 0.2) is 0 Å². The highest BCUT2D eigenvalue weighted by atomic mass is 16.5. The molecule has 0 aliphatic heterocycles. The Morgan fingerprint density at radius 1 is 1.64 bits per heavy atom. The third-order valence-electron chi connectivity index (χ3n) is 1.78. The van der Waals surface area contributed by atoms with Crippen molar-refractivity contribution in [2.75, 3.05) is 0 Å². The van der Waals surface area contributed by atoms with Crippen LogP contribution in [0.15, 0.2) is 12.4 Å². The average Bonchev–Trinajstić information content (AvgIpc) is 2.50. The zero-order chi connectivity index (χ0) is 10.6. The minimum atomic E-state index is -0.215. The van der Waals surface area contributed by atoms with Crippen LogP contribution < -0.4 is 0 Å². The molecule has 1 rings (SSSR count). The van der Waals surface area contributed by atoms with E-state index < -0.39 is 0 Å². The number of ether oxygens (including phenoxy) is 1. The normalized spacial score (nSPS) is 10.6. The van der Waals surface area contributed by atoms with E-state index in [1.807, 2.05) is 25.3 Å². The molecule has 0 aliphatic carbocycles. The Kier molecular flexibility index (Phi) is 3.68. The second-order valence-electron chi connectivity index (χ2n) is 3.36. The fourth-order valence-corrected chi connectivity index (χ4v) is 1.24. The summed E-state index contributed by atoms with van der Waals surface area (Å²) >= 11 is 0. The standard InChI is InChI=1S/C10H16N2O2/c1-4-9-11-5-6-12(9)7-10(13)14-8(2)3/h5-6,8H,4,7H2,1-3H3. The Balaban J connectivity index is 2.55. The Bertz CT molecular complexity index is 305. The van der Waals surface area contributed by atoms with Gasteiger partial charge in [0.05, 0.1) is 6.10 Å². The van der Waals surface area contributed by atoms with Crippen LogP contribution in [0.25, 0.3) is 0 Å². The molecule has 0 spiro atoms. The molecule has 1 heterocycles. The number of carbonyl (C=O) groups is 1. The summed E-state index contributed by atoms with van der Waals surface area (Å²) in [5.41, 5.74) is 0. The van der Waals surface area contributed by atoms with Gasteiger partial charge in [-0.2, -0.15) is 0 Å². The van der Waals surface area contributed by atoms with E-state index in [0.717, 1.165) is 12.2 Å². The molecule has 0 fully saturated rings. The lowest BCUT2D eigenvalue weighted by molar-refractivity contribution is -0.148. The average molecular weight is 196 g/mol. The van der Waals surface area contributed by atoms with Crippen LogP contribution in [0, 0.1) is 0 Å². The van der Waals surface area contributed by atoms with Crippen molar-refractivity contribution in [3.63, 3.8) is 0 Å². The van der Waals surface area contributed by atoms with Crippen molar-refractivity contribution in [2.24, 2.45) is 0 Å². The van der Waals surface area contributed by atoms with Crippen LogP contribution in [-0.4, -0.2) is 21.6 Å². The molecular weight excluding hydrogens is 180 g/mol. The molecule has 0 bridgehead atoms. The monoisotopic (exact) mass is 196 g/mol. The molecule has 0 amide bonds. The van der Waals surface area contributed by atoms with Gasteiger partial charge in [0, 0.05) is 18.8 Å². The Morgan fingerprint density at radius 2 is 2.36 bits per heavy atom. The molecule has 4 nitrogen and oxygen atoms in total. The first-order valence-electron chi connectivity index (χ1n) is 4.83. The highest BCUT2D eigenvalue weighted by molar-refractivity contribution is 5.69. The van der Waals surface area contributed by atoms with E-state index in [-0.39, 0.29) is 18.6 Å². The van der Waals surface area contributed by atoms with Crippen molar-refractivity contribution in [1.82, 2.24) is 9.55 Å². The molecule has 14 heavy (non-hydrogen) atoms. The number of esters is 1. The molecule has 0 saturated heterocycles. The molecule has 1 aromatic heterocycles. The molecule has 0 aliphatic rings. The van der Waals surface area contributed by atoms with Gasteiger partial charge in [-0.25, -0.2) is 4.98 Å². The zero-order valence-corrected chi connectivity index (χ0v) is 8.86. The van der Waals surface area contributed by atoms with Gasteiger partial charge in [-0.3, -0.25) is 4.79 Å². The van der Waals surface area contributed by atoms with Gasteiger partial charge < -0.3 is 9.30 Å². The molecular formula is C10H16N2O2. The Morgan fingerprint density at radius 3 is 2.93 bits per heavy atom. The lowest BCUT2D eigenvalue weighted by atomic mass is 10.4. The van der Waals surface area contributed by atoms with E-state index in [1.165, 1.54) is 0 Å². The summed E-state index contributed by atoms with van der Waals surface area (Å²) in [5, 5.41) is 0. The van der Waals surface area contributed by atoms with Crippen LogP contribution >= 0.6 is 0 Å². The zero-order valence-electron chi connectivity index (χ0n) is 8.86. The number of carbonyl (C=O) groups excluding carboxylic acids is 1. The van der Waals surface area contributed by atoms with Crippen molar-refractivity contribution >= 4 is 5.97 Å². The second-order valence-corrected chi connectivity index (χ2v) is 3.36. The summed E-state index contributed by atoms with van der Waals surface area (Å²) in [4.78, 5) is 15.4. The summed E-state index contributed by atoms with van der Waals surface area (Å²) in [7, 11) is 0. The lowest BCUT2D eigenvalue weighted by Crippen LogP contribution is -2.18. The van der Waals surface area contributed by atoms with E-state index in [2.05, 4.69) is 4.98 Å². The minimum absolute atomic E-state index is 0.0592. The lowest BCUT2D eigenvalue weighted by Gasteiger charge is -2.09. The number of rotatable bonds is 4. The summed E-state index contributed by atoms with van der Waals surface area (Å²) in [6.07, 6.45) is 4.25. The van der Waals surface area contributed by atoms with Gasteiger partial charge in [-0.05, 0) is 13.8 Å². The maximum Gasteiger partial charge on any atom is 0.326 e. The van der Waals surface area contributed by atoms with E-state index in [4.69, 9.17) is 4.74 Å². The van der Waals surface area contributed by atoms with Gasteiger partial charge >= 0.3 is 5.97 Å². The highest BCUT2D eigenvalue weighted by Gasteiger charge is 2.08. The topological polar surface area (TPSA) is 44.1 Å². The Hall–Kier alpha value is -1.32. The van der Waals surface area contributed by atoms with Crippen LogP contribution in [0.4, 0.5) is 0 Å². The van der Waals surface area contributed by atoms with Crippen molar-refractivity contribution in [3.8, 4) is 0 Å². The van der Waals surface area contributed by atoms with Crippen LogP contribution in [-0.2, 0) is 22.5 Å². The minimum Gasteiger partial charge on any atom is -0.462 e. The van der Waals surface area contributed by atoms with Crippen molar-refractivity contribution in [1.29, 1.82) is 0 Å². The number of imidazole rings is 1. The van der Waals surface area contributed by atoms with Gasteiger partial charge in [0.2, 0.25) is 0 Å². The summed E-state index contributed by atoms with van der Waals surface area (Å²) in [5.74, 6) is 0.693. The van der Waals surface area contributed by atoms with Crippen LogP contribution in [0.2, 0.25) is 0 Å². The molecule has 0 atom stereocenters. The number of aryl methyl sites for hydroxylation is 1. The maximum atomic E-state index is 11.3. The number of aromatic nitrogens is 2. The summed E-state index contributed by atoms with van der Waals surface area (Å²) in [6.45, 7) is 5.94. The first-order chi connectivity index (χ1) is 6.63. The Labute approximate surface area is 83.9 Å². The van der Waals surface area contributed by atoms with Gasteiger partial charge in [-0.1, -0.05) is 6.92 Å². The molecule has 0 N–H and O–H groups in total. The van der Waals surface area contributed by atoms with Crippen molar-refractivity contribution in [2.45, 2.75) is 39.8 Å². The first kappa shape index (κ1) is 10.8. The fraction of sp³-hybridized carbons (Fsp3) is 0.600. The van der Waals surface area contributed by atoms with E-state index in [9.17, 15) is 4.79 Å². The van der Waals surface area contributed by atoms with Gasteiger partial charge in [0.25, 0.3) is 0 Å². The number of nitrogens with zero attached hydrogens (tertiary/aromatic N) is 2. The molecule has 78 valence electrons. The maximum absolute atomic E-state index is 11.3. The van der Waals surface area contributed by atoms with Crippen LogP contribution in [0.5, 0.6) is 0 Å². The van der Waals surface area contributed by atoms with Crippen LogP contribution in [0.3, 0.4) is 0 Å². The molecule has 0 unspecified atom stereocenters. The van der Waals surface area contributed by atoms with Crippen LogP contribution in [0.1, 0.15) is 26.6 Å². The SMILES string of the molecule is CCc1nccn1CC(=O)OC(C)C. The van der Waals surface area contributed by atoms with Crippen molar-refractivity contribution < 1.29 is 9.53 Å². The summed E-state index contributed by atoms with van der Waals surface area (Å²) in [6, 6.07) is 0. The fourth-order valence-electron chi connectivity index (χ4n) is 1.24. The van der Waals surface area contributed by atoms with E-state index in [1.54, 1.807) is 12.4 Å². The largest absolute Gasteiger partial charge is 0.462 e. The molecule has 0 aromatic carbocycles. The van der Waals surface area contributed by atoms with E-state index >= 15 is 0 Å². The second kappa shape index (κ2) is 4.79. The first-order valence-corrected chi connectivity index (χ1v) is 4.83. The third-order valence-corrected chi connectivity index (χ3v) is 1.78. The third kappa shape index (κ3) is 2.87. The number of hydrogen-bond donors (Lipinski definition) is 0. The molecule has 1 aromatic rings. The summed E-state index contributed by atoms with van der Waals surface area (Å²) < 4.78 is 6.85. The van der Waals surface area contributed by atoms with Gasteiger partial charge in [-0.15, -0.1) is 0 Å². The van der Waals surface area contributed by atoms with Crippen molar-refractivity contribution in [3.05, 3.63) is 18.2 Å². The quantitative estimate of drug-likeness (QED) is 0.684. The molecule has 4 heteroatoms.